The summed E-state index contributed by atoms with van der Waals surface area (Å²) in [5.41, 5.74) is 2.15. The molecule has 0 aliphatic heterocycles. The monoisotopic (exact) mass is 286 g/mol. The zero-order valence-electron chi connectivity index (χ0n) is 12.6. The van der Waals surface area contributed by atoms with Crippen LogP contribution in [0.4, 0.5) is 0 Å². The van der Waals surface area contributed by atoms with Crippen LogP contribution in [0.5, 0.6) is 11.5 Å². The molecule has 112 valence electrons. The highest BCUT2D eigenvalue weighted by atomic mass is 16.5. The molecular weight excluding hydrogens is 264 g/mol. The number of nitrogens with zero attached hydrogens (tertiary/aromatic N) is 1. The van der Waals surface area contributed by atoms with Gasteiger partial charge in [0.15, 0.2) is 0 Å². The molecule has 0 aliphatic carbocycles. The summed E-state index contributed by atoms with van der Waals surface area (Å²) in [4.78, 5) is 4.30. The van der Waals surface area contributed by atoms with Gasteiger partial charge < -0.3 is 14.8 Å². The molecule has 0 radical (unpaired) electrons. The second-order valence-electron chi connectivity index (χ2n) is 4.67. The van der Waals surface area contributed by atoms with Crippen molar-refractivity contribution in [2.24, 2.45) is 0 Å². The Balaban J connectivity index is 1.97. The van der Waals surface area contributed by atoms with E-state index in [0.717, 1.165) is 42.3 Å². The van der Waals surface area contributed by atoms with Gasteiger partial charge in [-0.25, -0.2) is 0 Å². The molecule has 0 saturated carbocycles. The summed E-state index contributed by atoms with van der Waals surface area (Å²) in [5, 5.41) is 3.32. The molecule has 2 aromatic rings. The van der Waals surface area contributed by atoms with Crippen molar-refractivity contribution in [1.29, 1.82) is 0 Å². The first-order chi connectivity index (χ1) is 10.3. The number of pyridine rings is 1. The lowest BCUT2D eigenvalue weighted by Gasteiger charge is -2.13. The average molecular weight is 286 g/mol. The summed E-state index contributed by atoms with van der Waals surface area (Å²) in [6.45, 7) is 4.39. The minimum atomic E-state index is 0.614. The van der Waals surface area contributed by atoms with Crippen molar-refractivity contribution in [1.82, 2.24) is 10.3 Å². The Labute approximate surface area is 126 Å². The van der Waals surface area contributed by atoms with E-state index in [4.69, 9.17) is 9.47 Å². The van der Waals surface area contributed by atoms with E-state index in [1.54, 1.807) is 13.3 Å². The van der Waals surface area contributed by atoms with Gasteiger partial charge in [0, 0.05) is 30.4 Å². The molecule has 0 saturated heterocycles. The highest BCUT2D eigenvalue weighted by Gasteiger charge is 2.06. The predicted octanol–water partition coefficient (Wildman–Crippen LogP) is 2.82. The van der Waals surface area contributed by atoms with Crippen molar-refractivity contribution in [3.05, 3.63) is 53.9 Å². The lowest BCUT2D eigenvalue weighted by atomic mass is 10.2. The third-order valence-electron chi connectivity index (χ3n) is 3.18. The van der Waals surface area contributed by atoms with Gasteiger partial charge in [-0.2, -0.15) is 0 Å². The molecule has 4 nitrogen and oxygen atoms in total. The molecule has 1 heterocycles. The Morgan fingerprint density at radius 1 is 1.19 bits per heavy atom. The van der Waals surface area contributed by atoms with Crippen LogP contribution >= 0.6 is 0 Å². The van der Waals surface area contributed by atoms with Crippen LogP contribution in [-0.2, 0) is 13.0 Å². The topological polar surface area (TPSA) is 43.4 Å². The van der Waals surface area contributed by atoms with Gasteiger partial charge in [-0.3, -0.25) is 4.98 Å². The van der Waals surface area contributed by atoms with E-state index in [-0.39, 0.29) is 0 Å². The highest BCUT2D eigenvalue weighted by Crippen LogP contribution is 2.24. The first kappa shape index (κ1) is 15.3. The number of benzene rings is 1. The van der Waals surface area contributed by atoms with Crippen molar-refractivity contribution >= 4 is 0 Å². The quantitative estimate of drug-likeness (QED) is 0.810. The van der Waals surface area contributed by atoms with Crippen molar-refractivity contribution in [2.75, 3.05) is 20.3 Å². The number of methoxy groups -OCH3 is 1. The molecule has 21 heavy (non-hydrogen) atoms. The van der Waals surface area contributed by atoms with E-state index in [0.29, 0.717) is 6.61 Å². The van der Waals surface area contributed by atoms with Gasteiger partial charge in [0.2, 0.25) is 0 Å². The van der Waals surface area contributed by atoms with E-state index in [1.165, 1.54) is 0 Å². The molecule has 0 fully saturated rings. The lowest BCUT2D eigenvalue weighted by molar-refractivity contribution is 0.315. The van der Waals surface area contributed by atoms with Crippen LogP contribution in [-0.4, -0.2) is 25.2 Å². The largest absolute Gasteiger partial charge is 0.497 e. The fraction of sp³-hybridized carbons (Fsp3) is 0.353. The van der Waals surface area contributed by atoms with Crippen LogP contribution in [0.1, 0.15) is 18.2 Å². The van der Waals surface area contributed by atoms with Crippen LogP contribution < -0.4 is 14.8 Å². The molecule has 2 rings (SSSR count). The fourth-order valence-electron chi connectivity index (χ4n) is 2.03. The summed E-state index contributed by atoms with van der Waals surface area (Å²) in [7, 11) is 1.67. The predicted molar refractivity (Wildman–Crippen MR) is 83.8 cm³/mol. The summed E-state index contributed by atoms with van der Waals surface area (Å²) < 4.78 is 11.2. The van der Waals surface area contributed by atoms with Gasteiger partial charge in [0.05, 0.1) is 13.7 Å². The van der Waals surface area contributed by atoms with Crippen LogP contribution in [0.25, 0.3) is 0 Å². The Bertz CT molecular complexity index is 544. The molecule has 0 bridgehead atoms. The first-order valence-electron chi connectivity index (χ1n) is 7.24. The van der Waals surface area contributed by atoms with Crippen molar-refractivity contribution in [3.8, 4) is 11.5 Å². The Hall–Kier alpha value is -2.07. The number of ether oxygens (including phenoxy) is 2. The molecule has 1 N–H and O–H groups in total. The summed E-state index contributed by atoms with van der Waals surface area (Å²) in [6.07, 6.45) is 2.60. The molecule has 1 aromatic carbocycles. The number of hydrogen-bond donors (Lipinski definition) is 1. The maximum Gasteiger partial charge on any atom is 0.124 e. The molecule has 1 aromatic heterocycles. The van der Waals surface area contributed by atoms with Gasteiger partial charge in [-0.1, -0.05) is 13.0 Å². The standard InChI is InChI=1S/C17H22N2O2/c1-3-18-13-14-12-16(20-2)7-8-17(14)21-11-9-15-6-4-5-10-19-15/h4-8,10,12,18H,3,9,11,13H2,1-2H3. The Morgan fingerprint density at radius 3 is 2.81 bits per heavy atom. The van der Waals surface area contributed by atoms with Crippen LogP contribution in [0.2, 0.25) is 0 Å². The molecule has 4 heteroatoms. The summed E-state index contributed by atoms with van der Waals surface area (Å²) in [5.74, 6) is 1.74. The summed E-state index contributed by atoms with van der Waals surface area (Å²) in [6, 6.07) is 11.8. The van der Waals surface area contributed by atoms with E-state index < -0.39 is 0 Å². The van der Waals surface area contributed by atoms with Gasteiger partial charge in [-0.05, 0) is 36.9 Å². The zero-order chi connectivity index (χ0) is 14.9. The third-order valence-corrected chi connectivity index (χ3v) is 3.18. The number of nitrogens with one attached hydrogen (secondary N) is 1. The Kier molecular flexibility index (Phi) is 6.03. The van der Waals surface area contributed by atoms with Crippen molar-refractivity contribution in [3.63, 3.8) is 0 Å². The minimum absolute atomic E-state index is 0.614. The molecule has 0 atom stereocenters. The maximum atomic E-state index is 5.90. The van der Waals surface area contributed by atoms with E-state index in [1.807, 2.05) is 36.4 Å². The fourth-order valence-corrected chi connectivity index (χ4v) is 2.03. The maximum absolute atomic E-state index is 5.90. The SMILES string of the molecule is CCNCc1cc(OC)ccc1OCCc1ccccn1. The zero-order valence-corrected chi connectivity index (χ0v) is 12.6. The van der Waals surface area contributed by atoms with Crippen molar-refractivity contribution in [2.45, 2.75) is 19.9 Å². The smallest absolute Gasteiger partial charge is 0.124 e. The van der Waals surface area contributed by atoms with Gasteiger partial charge in [-0.15, -0.1) is 0 Å². The average Bonchev–Trinajstić information content (AvgIpc) is 2.54. The summed E-state index contributed by atoms with van der Waals surface area (Å²) >= 11 is 0. The lowest BCUT2D eigenvalue weighted by Crippen LogP contribution is -2.13. The molecule has 0 unspecified atom stereocenters. The van der Waals surface area contributed by atoms with Gasteiger partial charge in [0.1, 0.15) is 11.5 Å². The van der Waals surface area contributed by atoms with Gasteiger partial charge >= 0.3 is 0 Å². The number of aromatic nitrogens is 1. The number of hydrogen-bond acceptors (Lipinski definition) is 4. The highest BCUT2D eigenvalue weighted by molar-refractivity contribution is 5.40. The molecule has 0 spiro atoms. The van der Waals surface area contributed by atoms with E-state index >= 15 is 0 Å². The second kappa shape index (κ2) is 8.27. The van der Waals surface area contributed by atoms with Crippen molar-refractivity contribution < 1.29 is 9.47 Å². The minimum Gasteiger partial charge on any atom is -0.497 e. The Morgan fingerprint density at radius 2 is 2.10 bits per heavy atom. The molecule has 0 amide bonds. The third kappa shape index (κ3) is 4.76. The normalized spacial score (nSPS) is 10.4. The van der Waals surface area contributed by atoms with Crippen LogP contribution in [0, 0.1) is 0 Å². The second-order valence-corrected chi connectivity index (χ2v) is 4.67. The van der Waals surface area contributed by atoms with Crippen LogP contribution in [0.15, 0.2) is 42.6 Å². The molecular formula is C17H22N2O2. The van der Waals surface area contributed by atoms with Crippen LogP contribution in [0.3, 0.4) is 0 Å². The number of rotatable bonds is 8. The van der Waals surface area contributed by atoms with E-state index in [9.17, 15) is 0 Å². The first-order valence-corrected chi connectivity index (χ1v) is 7.24. The van der Waals surface area contributed by atoms with E-state index in [2.05, 4.69) is 17.2 Å². The molecule has 0 aliphatic rings. The van der Waals surface area contributed by atoms with Gasteiger partial charge in [0.25, 0.3) is 0 Å².